The molecule has 2 atom stereocenters. The van der Waals surface area contributed by atoms with Crippen molar-refractivity contribution in [1.82, 2.24) is 4.98 Å². The number of H-pyrrole nitrogens is 1. The predicted octanol–water partition coefficient (Wildman–Crippen LogP) is -0.585. The van der Waals surface area contributed by atoms with Crippen LogP contribution in [0.1, 0.15) is 11.7 Å². The molecule has 2 unspecified atom stereocenters. The molecule has 5 nitrogen and oxygen atoms in total. The van der Waals surface area contributed by atoms with Crippen molar-refractivity contribution in [2.45, 2.75) is 12.2 Å². The van der Waals surface area contributed by atoms with Gasteiger partial charge in [0.1, 0.15) is 12.2 Å². The third-order valence-electron chi connectivity index (χ3n) is 1.77. The number of hydrogen-bond donors (Lipinski definition) is 4. The summed E-state index contributed by atoms with van der Waals surface area (Å²) in [4.78, 5) is 13.5. The summed E-state index contributed by atoms with van der Waals surface area (Å²) in [5.74, 6) is 0. The van der Waals surface area contributed by atoms with Crippen LogP contribution in [-0.2, 0) is 0 Å². The summed E-state index contributed by atoms with van der Waals surface area (Å²) >= 11 is 5.58. The number of aliphatic hydroxyl groups excluding tert-OH is 3. The van der Waals surface area contributed by atoms with E-state index in [1.54, 1.807) is 0 Å². The van der Waals surface area contributed by atoms with Crippen molar-refractivity contribution < 1.29 is 15.3 Å². The monoisotopic (exact) mass is 219 g/mol. The molecule has 1 heterocycles. The molecule has 1 rings (SSSR count). The molecule has 0 saturated heterocycles. The van der Waals surface area contributed by atoms with Crippen molar-refractivity contribution in [3.8, 4) is 0 Å². The van der Waals surface area contributed by atoms with E-state index in [4.69, 9.17) is 21.8 Å². The van der Waals surface area contributed by atoms with Gasteiger partial charge in [0.25, 0.3) is 5.56 Å². The van der Waals surface area contributed by atoms with E-state index in [0.29, 0.717) is 0 Å². The highest BCUT2D eigenvalue weighted by molar-refractivity contribution is 6.30. The molecule has 1 aromatic heterocycles. The van der Waals surface area contributed by atoms with E-state index in [1.165, 1.54) is 12.3 Å². The molecule has 0 amide bonds. The van der Waals surface area contributed by atoms with Gasteiger partial charge in [-0.15, -0.1) is 0 Å². The van der Waals surface area contributed by atoms with Gasteiger partial charge in [0.15, 0.2) is 0 Å². The lowest BCUT2D eigenvalue weighted by atomic mass is 10.1. The molecule has 1 aromatic rings. The number of hydrogen-bond acceptors (Lipinski definition) is 4. The lowest BCUT2D eigenvalue weighted by Gasteiger charge is -2.14. The Morgan fingerprint density at radius 3 is 2.71 bits per heavy atom. The molecular formula is C8H10ClNO4. The first kappa shape index (κ1) is 11.2. The maximum Gasteiger partial charge on any atom is 0.253 e. The number of aliphatic hydroxyl groups is 3. The third-order valence-corrected chi connectivity index (χ3v) is 1.99. The first-order valence-electron chi connectivity index (χ1n) is 3.91. The molecule has 0 aliphatic rings. The Labute approximate surface area is 84.6 Å². The van der Waals surface area contributed by atoms with E-state index in [-0.39, 0.29) is 10.6 Å². The van der Waals surface area contributed by atoms with E-state index in [2.05, 4.69) is 4.98 Å². The van der Waals surface area contributed by atoms with Gasteiger partial charge in [-0.05, 0) is 6.07 Å². The molecule has 6 heteroatoms. The van der Waals surface area contributed by atoms with Gasteiger partial charge in [-0.25, -0.2) is 0 Å². The molecule has 14 heavy (non-hydrogen) atoms. The zero-order valence-electron chi connectivity index (χ0n) is 7.14. The first-order chi connectivity index (χ1) is 6.56. The summed E-state index contributed by atoms with van der Waals surface area (Å²) in [5.41, 5.74) is -0.617. The molecule has 0 aliphatic heterocycles. The van der Waals surface area contributed by atoms with Gasteiger partial charge in [-0.2, -0.15) is 0 Å². The molecule has 0 aliphatic carbocycles. The average molecular weight is 220 g/mol. The van der Waals surface area contributed by atoms with Crippen molar-refractivity contribution >= 4 is 11.6 Å². The summed E-state index contributed by atoms with van der Waals surface area (Å²) in [6, 6.07) is 1.24. The molecule has 0 saturated carbocycles. The first-order valence-corrected chi connectivity index (χ1v) is 4.29. The van der Waals surface area contributed by atoms with E-state index in [9.17, 15) is 9.90 Å². The topological polar surface area (TPSA) is 93.6 Å². The number of halogens is 1. The second kappa shape index (κ2) is 4.56. The van der Waals surface area contributed by atoms with Crippen LogP contribution in [0.4, 0.5) is 0 Å². The van der Waals surface area contributed by atoms with Gasteiger partial charge < -0.3 is 20.3 Å². The Balaban J connectivity index is 3.05. The van der Waals surface area contributed by atoms with Crippen molar-refractivity contribution in [3.63, 3.8) is 0 Å². The highest BCUT2D eigenvalue weighted by atomic mass is 35.5. The maximum absolute atomic E-state index is 11.2. The molecule has 0 bridgehead atoms. The van der Waals surface area contributed by atoms with Crippen LogP contribution >= 0.6 is 11.6 Å². The van der Waals surface area contributed by atoms with Crippen LogP contribution in [0.15, 0.2) is 17.1 Å². The minimum absolute atomic E-state index is 0.0703. The molecule has 4 N–H and O–H groups in total. The van der Waals surface area contributed by atoms with Crippen molar-refractivity contribution in [2.75, 3.05) is 6.61 Å². The Hall–Kier alpha value is -0.880. The van der Waals surface area contributed by atoms with Gasteiger partial charge in [0.05, 0.1) is 11.6 Å². The predicted molar refractivity (Wildman–Crippen MR) is 50.1 cm³/mol. The fourth-order valence-corrected chi connectivity index (χ4v) is 1.17. The standard InChI is InChI=1S/C8H10ClNO4/c9-4-1-5(8(14)10-2-4)7(13)6(12)3-11/h1-2,6-7,11-13H,3H2,(H,10,14). The fraction of sp³-hybridized carbons (Fsp3) is 0.375. The summed E-state index contributed by atoms with van der Waals surface area (Å²) < 4.78 is 0. The van der Waals surface area contributed by atoms with E-state index >= 15 is 0 Å². The second-order valence-electron chi connectivity index (χ2n) is 2.80. The van der Waals surface area contributed by atoms with Gasteiger partial charge in [-0.3, -0.25) is 4.79 Å². The summed E-state index contributed by atoms with van der Waals surface area (Å²) in [7, 11) is 0. The number of nitrogens with one attached hydrogen (secondary N) is 1. The van der Waals surface area contributed by atoms with Gasteiger partial charge in [0, 0.05) is 11.8 Å². The summed E-state index contributed by atoms with van der Waals surface area (Å²) in [5, 5.41) is 27.3. The summed E-state index contributed by atoms with van der Waals surface area (Å²) in [6.45, 7) is -0.632. The van der Waals surface area contributed by atoms with Crippen LogP contribution in [0.2, 0.25) is 5.02 Å². The third kappa shape index (κ3) is 2.33. The van der Waals surface area contributed by atoms with Gasteiger partial charge in [0.2, 0.25) is 0 Å². The maximum atomic E-state index is 11.2. The zero-order chi connectivity index (χ0) is 10.7. The lowest BCUT2D eigenvalue weighted by Crippen LogP contribution is -2.27. The summed E-state index contributed by atoms with van der Waals surface area (Å²) in [6.07, 6.45) is -1.57. The Morgan fingerprint density at radius 2 is 2.14 bits per heavy atom. The van der Waals surface area contributed by atoms with Crippen LogP contribution in [0.5, 0.6) is 0 Å². The molecular weight excluding hydrogens is 210 g/mol. The van der Waals surface area contributed by atoms with Crippen molar-refractivity contribution in [1.29, 1.82) is 0 Å². The number of aromatic nitrogens is 1. The van der Waals surface area contributed by atoms with E-state index in [0.717, 1.165) is 0 Å². The molecule has 0 aromatic carbocycles. The smallest absolute Gasteiger partial charge is 0.253 e. The highest BCUT2D eigenvalue weighted by Gasteiger charge is 2.20. The number of aromatic amines is 1. The van der Waals surface area contributed by atoms with Crippen LogP contribution in [0.25, 0.3) is 0 Å². The van der Waals surface area contributed by atoms with Crippen LogP contribution in [0, 0.1) is 0 Å². The van der Waals surface area contributed by atoms with Gasteiger partial charge >= 0.3 is 0 Å². The quantitative estimate of drug-likeness (QED) is 0.547. The highest BCUT2D eigenvalue weighted by Crippen LogP contribution is 2.15. The average Bonchev–Trinajstić information content (AvgIpc) is 2.19. The second-order valence-corrected chi connectivity index (χ2v) is 3.23. The van der Waals surface area contributed by atoms with Crippen LogP contribution < -0.4 is 5.56 Å². The lowest BCUT2D eigenvalue weighted by molar-refractivity contribution is -0.0159. The van der Waals surface area contributed by atoms with Crippen LogP contribution in [0.3, 0.4) is 0 Å². The fourth-order valence-electron chi connectivity index (χ4n) is 1.00. The molecule has 0 spiro atoms. The molecule has 78 valence electrons. The molecule has 0 fully saturated rings. The minimum Gasteiger partial charge on any atom is -0.394 e. The Morgan fingerprint density at radius 1 is 1.50 bits per heavy atom. The molecule has 0 radical (unpaired) electrons. The number of rotatable bonds is 3. The Bertz CT molecular complexity index is 365. The van der Waals surface area contributed by atoms with Crippen LogP contribution in [-0.4, -0.2) is 33.0 Å². The minimum atomic E-state index is -1.44. The van der Waals surface area contributed by atoms with E-state index < -0.39 is 24.4 Å². The number of pyridine rings is 1. The van der Waals surface area contributed by atoms with Gasteiger partial charge in [-0.1, -0.05) is 11.6 Å². The SMILES string of the molecule is O=c1[nH]cc(Cl)cc1C(O)C(O)CO. The largest absolute Gasteiger partial charge is 0.394 e. The Kier molecular flexibility index (Phi) is 3.65. The van der Waals surface area contributed by atoms with Crippen molar-refractivity contribution in [3.05, 3.63) is 33.2 Å². The van der Waals surface area contributed by atoms with E-state index in [1.807, 2.05) is 0 Å². The zero-order valence-corrected chi connectivity index (χ0v) is 7.90. The normalized spacial score (nSPS) is 15.1. The van der Waals surface area contributed by atoms with Crippen molar-refractivity contribution in [2.24, 2.45) is 0 Å².